The molecule has 1 rings (SSSR count). The number of hydrogen-bond acceptors (Lipinski definition) is 2. The van der Waals surface area contributed by atoms with E-state index in [4.69, 9.17) is 9.31 Å². The van der Waals surface area contributed by atoms with Crippen molar-refractivity contribution in [1.29, 1.82) is 0 Å². The Labute approximate surface area is 101 Å². The predicted octanol–water partition coefficient (Wildman–Crippen LogP) is 3.90. The lowest BCUT2D eigenvalue weighted by atomic mass is 9.66. The molecule has 1 aliphatic rings. The van der Waals surface area contributed by atoms with Gasteiger partial charge >= 0.3 is 7.12 Å². The highest BCUT2D eigenvalue weighted by molar-refractivity contribution is 6.47. The van der Waals surface area contributed by atoms with Crippen LogP contribution in [0.5, 0.6) is 0 Å². The Hall–Kier alpha value is -0.0151. The fraction of sp³-hybridized carbons (Fsp3) is 1.00. The van der Waals surface area contributed by atoms with Crippen LogP contribution in [0.1, 0.15) is 61.8 Å². The van der Waals surface area contributed by atoms with E-state index in [0.717, 1.165) is 6.42 Å². The summed E-state index contributed by atoms with van der Waals surface area (Å²) in [6.45, 7) is 17.4. The second-order valence-corrected chi connectivity index (χ2v) is 7.37. The summed E-state index contributed by atoms with van der Waals surface area (Å²) in [4.78, 5) is 0. The standard InChI is InChI=1S/C13H27BO2/c1-10(9-11(2,3)4)14-15-12(5,6)13(7,8)16-14/h10H,9H2,1-8H3. The minimum atomic E-state index is -0.205. The van der Waals surface area contributed by atoms with Crippen LogP contribution < -0.4 is 0 Å². The third-order valence-corrected chi connectivity index (χ3v) is 3.67. The second-order valence-electron chi connectivity index (χ2n) is 7.37. The molecule has 0 saturated carbocycles. The van der Waals surface area contributed by atoms with Crippen molar-refractivity contribution in [2.75, 3.05) is 0 Å². The fourth-order valence-corrected chi connectivity index (χ4v) is 2.18. The molecule has 1 fully saturated rings. The molecule has 1 heterocycles. The van der Waals surface area contributed by atoms with Crippen LogP contribution in [0, 0.1) is 5.41 Å². The van der Waals surface area contributed by atoms with Crippen LogP contribution >= 0.6 is 0 Å². The Bertz CT molecular complexity index is 237. The SMILES string of the molecule is CC(CC(C)(C)C)B1OC(C)(C)C(C)(C)O1. The Morgan fingerprint density at radius 2 is 1.38 bits per heavy atom. The molecule has 0 spiro atoms. The lowest BCUT2D eigenvalue weighted by Gasteiger charge is -2.32. The molecule has 0 N–H and O–H groups in total. The van der Waals surface area contributed by atoms with E-state index in [9.17, 15) is 0 Å². The molecular weight excluding hydrogens is 199 g/mol. The van der Waals surface area contributed by atoms with Crippen LogP contribution in [-0.4, -0.2) is 18.3 Å². The molecule has 1 unspecified atom stereocenters. The molecule has 1 aliphatic heterocycles. The Balaban J connectivity index is 2.66. The normalized spacial score (nSPS) is 25.9. The summed E-state index contributed by atoms with van der Waals surface area (Å²) < 4.78 is 12.1. The second kappa shape index (κ2) is 4.02. The van der Waals surface area contributed by atoms with Crippen molar-refractivity contribution in [2.24, 2.45) is 5.41 Å². The zero-order chi connectivity index (χ0) is 12.8. The van der Waals surface area contributed by atoms with E-state index >= 15 is 0 Å². The summed E-state index contributed by atoms with van der Waals surface area (Å²) in [7, 11) is -0.0655. The first kappa shape index (κ1) is 14.0. The van der Waals surface area contributed by atoms with Crippen molar-refractivity contribution >= 4 is 7.12 Å². The molecule has 0 aromatic heterocycles. The average molecular weight is 226 g/mol. The smallest absolute Gasteiger partial charge is 0.403 e. The van der Waals surface area contributed by atoms with Crippen LogP contribution in [0.15, 0.2) is 0 Å². The van der Waals surface area contributed by atoms with Gasteiger partial charge in [0.15, 0.2) is 0 Å². The Kier molecular flexibility index (Phi) is 3.53. The van der Waals surface area contributed by atoms with Gasteiger partial charge in [0.1, 0.15) is 0 Å². The first-order valence-electron chi connectivity index (χ1n) is 6.30. The molecule has 3 heteroatoms. The van der Waals surface area contributed by atoms with Crippen molar-refractivity contribution in [1.82, 2.24) is 0 Å². The van der Waals surface area contributed by atoms with Crippen LogP contribution in [0.25, 0.3) is 0 Å². The average Bonchev–Trinajstić information content (AvgIpc) is 2.17. The van der Waals surface area contributed by atoms with E-state index in [-0.39, 0.29) is 18.3 Å². The Morgan fingerprint density at radius 3 is 1.69 bits per heavy atom. The minimum absolute atomic E-state index is 0.0655. The predicted molar refractivity (Wildman–Crippen MR) is 69.6 cm³/mol. The van der Waals surface area contributed by atoms with E-state index in [2.05, 4.69) is 55.4 Å². The van der Waals surface area contributed by atoms with Gasteiger partial charge < -0.3 is 9.31 Å². The van der Waals surface area contributed by atoms with Crippen LogP contribution in [0.3, 0.4) is 0 Å². The van der Waals surface area contributed by atoms with Crippen molar-refractivity contribution < 1.29 is 9.31 Å². The number of hydrogen-bond donors (Lipinski definition) is 0. The van der Waals surface area contributed by atoms with Crippen molar-refractivity contribution in [2.45, 2.75) is 78.8 Å². The van der Waals surface area contributed by atoms with E-state index < -0.39 is 0 Å². The third kappa shape index (κ3) is 3.01. The summed E-state index contributed by atoms with van der Waals surface area (Å²) in [6.07, 6.45) is 1.11. The summed E-state index contributed by atoms with van der Waals surface area (Å²) in [5.74, 6) is 0.432. The van der Waals surface area contributed by atoms with Gasteiger partial charge in [-0.1, -0.05) is 27.7 Å². The highest BCUT2D eigenvalue weighted by atomic mass is 16.7. The van der Waals surface area contributed by atoms with Crippen LogP contribution in [0.4, 0.5) is 0 Å². The van der Waals surface area contributed by atoms with Gasteiger partial charge in [-0.05, 0) is 45.3 Å². The van der Waals surface area contributed by atoms with Crippen LogP contribution in [-0.2, 0) is 9.31 Å². The molecule has 16 heavy (non-hydrogen) atoms. The Morgan fingerprint density at radius 1 is 1.00 bits per heavy atom. The van der Waals surface area contributed by atoms with E-state index in [1.807, 2.05) is 0 Å². The van der Waals surface area contributed by atoms with Crippen molar-refractivity contribution in [3.63, 3.8) is 0 Å². The van der Waals surface area contributed by atoms with Gasteiger partial charge in [0, 0.05) is 0 Å². The summed E-state index contributed by atoms with van der Waals surface area (Å²) in [5.41, 5.74) is -0.0867. The zero-order valence-corrected chi connectivity index (χ0v) is 12.2. The minimum Gasteiger partial charge on any atom is -0.403 e. The lowest BCUT2D eigenvalue weighted by molar-refractivity contribution is 0.00578. The third-order valence-electron chi connectivity index (χ3n) is 3.67. The molecule has 1 atom stereocenters. The molecule has 0 amide bonds. The largest absolute Gasteiger partial charge is 0.460 e. The van der Waals surface area contributed by atoms with E-state index in [1.165, 1.54) is 0 Å². The van der Waals surface area contributed by atoms with Crippen LogP contribution in [0.2, 0.25) is 5.82 Å². The van der Waals surface area contributed by atoms with Gasteiger partial charge in [0.05, 0.1) is 11.2 Å². The monoisotopic (exact) mass is 226 g/mol. The molecule has 0 aliphatic carbocycles. The highest BCUT2D eigenvalue weighted by Gasteiger charge is 2.52. The summed E-state index contributed by atoms with van der Waals surface area (Å²) >= 11 is 0. The van der Waals surface area contributed by atoms with E-state index in [1.54, 1.807) is 0 Å². The van der Waals surface area contributed by atoms with Gasteiger partial charge in [-0.3, -0.25) is 0 Å². The molecule has 0 bridgehead atoms. The first-order chi connectivity index (χ1) is 6.95. The molecule has 0 radical (unpaired) electrons. The highest BCUT2D eigenvalue weighted by Crippen LogP contribution is 2.42. The summed E-state index contributed by atoms with van der Waals surface area (Å²) in [5, 5.41) is 0. The van der Waals surface area contributed by atoms with Crippen molar-refractivity contribution in [3.05, 3.63) is 0 Å². The molecular formula is C13H27BO2. The summed E-state index contributed by atoms with van der Waals surface area (Å²) in [6, 6.07) is 0. The lowest BCUT2D eigenvalue weighted by Crippen LogP contribution is -2.41. The van der Waals surface area contributed by atoms with Crippen molar-refractivity contribution in [3.8, 4) is 0 Å². The maximum absolute atomic E-state index is 6.05. The van der Waals surface area contributed by atoms with Gasteiger partial charge in [-0.2, -0.15) is 0 Å². The molecule has 0 aromatic carbocycles. The molecule has 94 valence electrons. The van der Waals surface area contributed by atoms with Gasteiger partial charge in [-0.25, -0.2) is 0 Å². The molecule has 2 nitrogen and oxygen atoms in total. The molecule has 1 saturated heterocycles. The number of rotatable bonds is 2. The fourth-order valence-electron chi connectivity index (χ4n) is 2.18. The maximum atomic E-state index is 6.05. The molecule has 0 aromatic rings. The topological polar surface area (TPSA) is 18.5 Å². The van der Waals surface area contributed by atoms with Gasteiger partial charge in [0.2, 0.25) is 0 Å². The zero-order valence-electron chi connectivity index (χ0n) is 12.2. The quantitative estimate of drug-likeness (QED) is 0.664. The maximum Gasteiger partial charge on any atom is 0.460 e. The first-order valence-corrected chi connectivity index (χ1v) is 6.30. The van der Waals surface area contributed by atoms with Gasteiger partial charge in [0.25, 0.3) is 0 Å². The van der Waals surface area contributed by atoms with E-state index in [0.29, 0.717) is 11.2 Å². The van der Waals surface area contributed by atoms with Gasteiger partial charge in [-0.15, -0.1) is 0 Å².